The van der Waals surface area contributed by atoms with Gasteiger partial charge in [0.25, 0.3) is 5.88 Å². The highest BCUT2D eigenvalue weighted by Gasteiger charge is 2.25. The summed E-state index contributed by atoms with van der Waals surface area (Å²) in [4.78, 5) is 39.7. The Kier molecular flexibility index (Phi) is 8.22. The van der Waals surface area contributed by atoms with Crippen LogP contribution in [0.1, 0.15) is 25.6 Å². The van der Waals surface area contributed by atoms with Crippen molar-refractivity contribution in [1.82, 2.24) is 4.98 Å². The molecule has 0 atom stereocenters. The Morgan fingerprint density at radius 1 is 1.08 bits per heavy atom. The van der Waals surface area contributed by atoms with Crippen molar-refractivity contribution in [2.45, 2.75) is 6.61 Å². The summed E-state index contributed by atoms with van der Waals surface area (Å²) in [6.07, 6.45) is 1.22. The molecule has 2 amide bonds. The second-order valence-corrected chi connectivity index (χ2v) is 7.67. The number of carbonyl (C=O) groups is 3. The van der Waals surface area contributed by atoms with Gasteiger partial charge < -0.3 is 34.7 Å². The third-order valence-electron chi connectivity index (χ3n) is 4.64. The van der Waals surface area contributed by atoms with Crippen molar-refractivity contribution < 1.29 is 47.2 Å². The summed E-state index contributed by atoms with van der Waals surface area (Å²) in [6, 6.07) is 2.61. The lowest BCUT2D eigenvalue weighted by Crippen LogP contribution is -2.21. The van der Waals surface area contributed by atoms with Crippen molar-refractivity contribution in [3.05, 3.63) is 57.4 Å². The number of benzene rings is 1. The minimum Gasteiger partial charge on any atom is -0.496 e. The number of urea groups is 1. The van der Waals surface area contributed by atoms with E-state index < -0.39 is 41.8 Å². The second-order valence-electron chi connectivity index (χ2n) is 6.79. The number of hydrogen-bond donors (Lipinski definition) is 3. The Bertz CT molecular complexity index is 1310. The molecule has 11 nitrogen and oxygen atoms in total. The first-order valence-corrected chi connectivity index (χ1v) is 10.8. The number of nitrogens with one attached hydrogen (secondary N) is 2. The second kappa shape index (κ2) is 11.3. The largest absolute Gasteiger partial charge is 0.496 e. The molecule has 2 heterocycles. The molecule has 0 bridgehead atoms. The summed E-state index contributed by atoms with van der Waals surface area (Å²) in [6.45, 7) is -0.451. The highest BCUT2D eigenvalue weighted by molar-refractivity contribution is 7.13. The number of aromatic nitrogens is 1. The molecule has 0 saturated carbocycles. The maximum Gasteiger partial charge on any atom is 0.349 e. The lowest BCUT2D eigenvalue weighted by atomic mass is 10.2. The summed E-state index contributed by atoms with van der Waals surface area (Å²) in [7, 11) is 3.70. The van der Waals surface area contributed by atoms with Gasteiger partial charge in [0.05, 0.1) is 44.5 Å². The molecule has 0 aliphatic rings. The molecule has 0 radical (unpaired) electrons. The lowest BCUT2D eigenvalue weighted by Gasteiger charge is -2.14. The molecule has 14 heteroatoms. The van der Waals surface area contributed by atoms with Crippen molar-refractivity contribution in [3.63, 3.8) is 0 Å². The average molecular weight is 523 g/mol. The van der Waals surface area contributed by atoms with Crippen LogP contribution in [0.5, 0.6) is 17.4 Å². The van der Waals surface area contributed by atoms with E-state index in [4.69, 9.17) is 14.2 Å². The van der Waals surface area contributed by atoms with Crippen LogP contribution < -0.4 is 24.8 Å². The van der Waals surface area contributed by atoms with Crippen LogP contribution in [0.25, 0.3) is 0 Å². The maximum absolute atomic E-state index is 14.2. The van der Waals surface area contributed by atoms with E-state index in [2.05, 4.69) is 20.4 Å². The van der Waals surface area contributed by atoms with Gasteiger partial charge in [-0.3, -0.25) is 0 Å². The van der Waals surface area contributed by atoms with Gasteiger partial charge >= 0.3 is 18.0 Å². The number of amides is 2. The normalized spacial score (nSPS) is 10.4. The molecule has 3 aromatic rings. The number of anilines is 2. The van der Waals surface area contributed by atoms with E-state index in [9.17, 15) is 28.3 Å². The number of rotatable bonds is 9. The van der Waals surface area contributed by atoms with Crippen molar-refractivity contribution in [2.24, 2.45) is 0 Å². The molecular formula is C22H19F2N3O8S. The lowest BCUT2D eigenvalue weighted by molar-refractivity contribution is 0.0589. The fourth-order valence-electron chi connectivity index (χ4n) is 3.00. The molecule has 3 rings (SSSR count). The number of carboxylic acid groups (broad SMARTS) is 1. The zero-order chi connectivity index (χ0) is 26.4. The minimum atomic E-state index is -1.44. The molecule has 0 aliphatic carbocycles. The van der Waals surface area contributed by atoms with E-state index in [1.54, 1.807) is 0 Å². The van der Waals surface area contributed by atoms with E-state index >= 15 is 0 Å². The van der Waals surface area contributed by atoms with Crippen molar-refractivity contribution in [1.29, 1.82) is 0 Å². The highest BCUT2D eigenvalue weighted by atomic mass is 32.1. The Morgan fingerprint density at radius 2 is 1.83 bits per heavy atom. The number of carboxylic acids is 1. The molecule has 36 heavy (non-hydrogen) atoms. The van der Waals surface area contributed by atoms with Crippen LogP contribution in [0, 0.1) is 11.6 Å². The molecule has 0 spiro atoms. The van der Waals surface area contributed by atoms with Crippen LogP contribution in [-0.4, -0.2) is 49.4 Å². The van der Waals surface area contributed by atoms with E-state index in [1.165, 1.54) is 37.9 Å². The van der Waals surface area contributed by atoms with Gasteiger partial charge in [-0.25, -0.2) is 28.1 Å². The standard InChI is InChI=1S/C22H19F2N3O8S/c1-32-14-5-4-12(23)17(24)11(14)8-35-15-6-10(7-25-19(15)33-2)26-22(31)27-13-9-36-18(21(30)34-3)16(13)20(28)29/h4-7,9H,8H2,1-3H3,(H,28,29)(H2,26,27,31). The van der Waals surface area contributed by atoms with E-state index in [0.717, 1.165) is 24.5 Å². The zero-order valence-corrected chi connectivity index (χ0v) is 19.8. The van der Waals surface area contributed by atoms with Gasteiger partial charge in [0.2, 0.25) is 0 Å². The molecule has 190 valence electrons. The quantitative estimate of drug-likeness (QED) is 0.352. The number of ether oxygens (including phenoxy) is 4. The van der Waals surface area contributed by atoms with Crippen molar-refractivity contribution in [2.75, 3.05) is 32.0 Å². The van der Waals surface area contributed by atoms with Crippen LogP contribution in [0.2, 0.25) is 0 Å². The first-order chi connectivity index (χ1) is 17.2. The topological polar surface area (TPSA) is 145 Å². The number of methoxy groups -OCH3 is 3. The Labute approximate surface area is 206 Å². The predicted octanol–water partition coefficient (Wildman–Crippen LogP) is 4.15. The fourth-order valence-corrected chi connectivity index (χ4v) is 3.90. The molecule has 0 unspecified atom stereocenters. The Balaban J connectivity index is 1.79. The van der Waals surface area contributed by atoms with Gasteiger partial charge in [0.1, 0.15) is 22.8 Å². The number of thiophene rings is 1. The SMILES string of the molecule is COC(=O)c1scc(NC(=O)Nc2cnc(OC)c(OCc3c(OC)ccc(F)c3F)c2)c1C(=O)O. The number of esters is 1. The number of pyridine rings is 1. The van der Waals surface area contributed by atoms with E-state index in [-0.39, 0.29) is 39.2 Å². The summed E-state index contributed by atoms with van der Waals surface area (Å²) < 4.78 is 48.2. The van der Waals surface area contributed by atoms with Crippen LogP contribution >= 0.6 is 11.3 Å². The van der Waals surface area contributed by atoms with Gasteiger partial charge in [0.15, 0.2) is 17.4 Å². The van der Waals surface area contributed by atoms with Gasteiger partial charge in [-0.05, 0) is 12.1 Å². The number of carbonyl (C=O) groups excluding carboxylic acids is 2. The third-order valence-corrected chi connectivity index (χ3v) is 5.60. The number of nitrogens with zero attached hydrogens (tertiary/aromatic N) is 1. The Hall–Kier alpha value is -4.46. The highest BCUT2D eigenvalue weighted by Crippen LogP contribution is 2.32. The van der Waals surface area contributed by atoms with Crippen LogP contribution in [0.15, 0.2) is 29.8 Å². The number of hydrogen-bond acceptors (Lipinski definition) is 9. The number of halogens is 2. The van der Waals surface area contributed by atoms with Crippen LogP contribution in [0.3, 0.4) is 0 Å². The monoisotopic (exact) mass is 523 g/mol. The minimum absolute atomic E-state index is 0.00884. The Morgan fingerprint density at radius 3 is 2.47 bits per heavy atom. The first kappa shape index (κ1) is 26.2. The van der Waals surface area contributed by atoms with Gasteiger partial charge in [-0.15, -0.1) is 11.3 Å². The van der Waals surface area contributed by atoms with Crippen molar-refractivity contribution in [3.8, 4) is 17.4 Å². The van der Waals surface area contributed by atoms with Crippen LogP contribution in [0.4, 0.5) is 25.0 Å². The molecule has 1 aromatic carbocycles. The number of aromatic carboxylic acids is 1. The summed E-state index contributed by atoms with van der Waals surface area (Å²) in [5.41, 5.74) is -0.645. The first-order valence-electron chi connectivity index (χ1n) is 9.88. The summed E-state index contributed by atoms with van der Waals surface area (Å²) in [5.74, 6) is -4.50. The fraction of sp³-hybridized carbons (Fsp3) is 0.182. The third kappa shape index (κ3) is 5.60. The van der Waals surface area contributed by atoms with Crippen molar-refractivity contribution >= 4 is 40.7 Å². The molecule has 2 aromatic heterocycles. The predicted molar refractivity (Wildman–Crippen MR) is 123 cm³/mol. The zero-order valence-electron chi connectivity index (χ0n) is 19.0. The van der Waals surface area contributed by atoms with Gasteiger partial charge in [-0.2, -0.15) is 0 Å². The molecular weight excluding hydrogens is 504 g/mol. The molecule has 0 fully saturated rings. The van der Waals surface area contributed by atoms with Crippen LogP contribution in [-0.2, 0) is 11.3 Å². The average Bonchev–Trinajstić information content (AvgIpc) is 3.28. The van der Waals surface area contributed by atoms with E-state index in [1.807, 2.05) is 0 Å². The molecule has 0 saturated heterocycles. The molecule has 3 N–H and O–H groups in total. The summed E-state index contributed by atoms with van der Waals surface area (Å²) in [5, 5.41) is 15.5. The van der Waals surface area contributed by atoms with Gasteiger partial charge in [0, 0.05) is 11.4 Å². The maximum atomic E-state index is 14.2. The summed E-state index contributed by atoms with van der Waals surface area (Å²) >= 11 is 0.788. The van der Waals surface area contributed by atoms with E-state index in [0.29, 0.717) is 0 Å². The molecule has 0 aliphatic heterocycles. The van der Waals surface area contributed by atoms with Gasteiger partial charge in [-0.1, -0.05) is 0 Å². The smallest absolute Gasteiger partial charge is 0.349 e.